The maximum Gasteiger partial charge on any atom is 0.178 e. The molecule has 3 nitrogen and oxygen atoms in total. The van der Waals surface area contributed by atoms with Gasteiger partial charge in [0.05, 0.1) is 11.8 Å². The lowest BCUT2D eigenvalue weighted by Gasteiger charge is -1.99. The van der Waals surface area contributed by atoms with Crippen molar-refractivity contribution >= 4 is 11.2 Å². The quantitative estimate of drug-likeness (QED) is 0.587. The summed E-state index contributed by atoms with van der Waals surface area (Å²) < 4.78 is 2.00. The van der Waals surface area contributed by atoms with Gasteiger partial charge in [0.2, 0.25) is 0 Å². The molecule has 0 aromatic carbocycles. The Balaban J connectivity index is 2.93. The molecule has 0 fully saturated rings. The Bertz CT molecular complexity index is 429. The van der Waals surface area contributed by atoms with Crippen molar-refractivity contribution in [2.24, 2.45) is 7.05 Å². The molecule has 0 aliphatic heterocycles. The average Bonchev–Trinajstić information content (AvgIpc) is 2.31. The molecule has 0 unspecified atom stereocenters. The van der Waals surface area contributed by atoms with Crippen LogP contribution >= 0.6 is 0 Å². The fraction of sp³-hybridized carbons (Fsp3) is 0.333. The lowest BCUT2D eigenvalue weighted by atomic mass is 10.2. The summed E-state index contributed by atoms with van der Waals surface area (Å²) in [7, 11) is 1.99. The average molecular weight is 161 g/mol. The van der Waals surface area contributed by atoms with E-state index < -0.39 is 0 Å². The highest BCUT2D eigenvalue weighted by atomic mass is 15.1. The minimum atomic E-state index is 0.843. The zero-order chi connectivity index (χ0) is 8.72. The van der Waals surface area contributed by atoms with Crippen molar-refractivity contribution < 1.29 is 0 Å². The van der Waals surface area contributed by atoms with E-state index in [-0.39, 0.29) is 0 Å². The van der Waals surface area contributed by atoms with Crippen molar-refractivity contribution in [3.63, 3.8) is 0 Å². The van der Waals surface area contributed by atoms with E-state index in [9.17, 15) is 0 Å². The van der Waals surface area contributed by atoms with E-state index in [0.29, 0.717) is 0 Å². The van der Waals surface area contributed by atoms with Crippen molar-refractivity contribution in [2.45, 2.75) is 13.8 Å². The van der Waals surface area contributed by atoms with Gasteiger partial charge >= 0.3 is 0 Å². The molecule has 2 aromatic heterocycles. The Morgan fingerprint density at radius 3 is 2.83 bits per heavy atom. The van der Waals surface area contributed by atoms with Crippen LogP contribution in [0.2, 0.25) is 0 Å². The Kier molecular flexibility index (Phi) is 1.40. The first kappa shape index (κ1) is 7.28. The van der Waals surface area contributed by atoms with E-state index >= 15 is 0 Å². The molecular formula is C9H11N3. The third-order valence-corrected chi connectivity index (χ3v) is 2.00. The van der Waals surface area contributed by atoms with Crippen LogP contribution in [-0.4, -0.2) is 14.5 Å². The fourth-order valence-electron chi connectivity index (χ4n) is 1.54. The summed E-state index contributed by atoms with van der Waals surface area (Å²) in [6.07, 6.45) is 1.80. The van der Waals surface area contributed by atoms with Crippen LogP contribution in [0.25, 0.3) is 11.2 Å². The van der Waals surface area contributed by atoms with E-state index in [0.717, 1.165) is 16.9 Å². The van der Waals surface area contributed by atoms with Crippen molar-refractivity contribution in [2.75, 3.05) is 0 Å². The molecule has 0 radical (unpaired) electrons. The number of aryl methyl sites for hydroxylation is 3. The van der Waals surface area contributed by atoms with E-state index in [1.54, 1.807) is 6.33 Å². The fourth-order valence-corrected chi connectivity index (χ4v) is 1.54. The Morgan fingerprint density at radius 2 is 2.08 bits per heavy atom. The highest BCUT2D eigenvalue weighted by Gasteiger charge is 2.03. The number of hydrogen-bond donors (Lipinski definition) is 0. The van der Waals surface area contributed by atoms with Crippen molar-refractivity contribution in [3.8, 4) is 0 Å². The van der Waals surface area contributed by atoms with Crippen LogP contribution in [0.15, 0.2) is 12.4 Å². The Hall–Kier alpha value is -1.38. The van der Waals surface area contributed by atoms with Crippen LogP contribution in [0.5, 0.6) is 0 Å². The number of imidazole rings is 1. The summed E-state index contributed by atoms with van der Waals surface area (Å²) in [5.74, 6) is 0. The van der Waals surface area contributed by atoms with Gasteiger partial charge in [-0.3, -0.25) is 0 Å². The van der Waals surface area contributed by atoms with Crippen LogP contribution in [0.3, 0.4) is 0 Å². The first-order valence-corrected chi connectivity index (χ1v) is 3.94. The summed E-state index contributed by atoms with van der Waals surface area (Å²) in [5, 5.41) is 0. The monoisotopic (exact) mass is 161 g/mol. The zero-order valence-corrected chi connectivity index (χ0v) is 7.50. The SMILES string of the molecule is Cc1cc(C)c2c(ncn2C)n1. The summed E-state index contributed by atoms with van der Waals surface area (Å²) in [6.45, 7) is 4.07. The maximum absolute atomic E-state index is 4.33. The first-order chi connectivity index (χ1) is 5.68. The number of fused-ring (bicyclic) bond motifs is 1. The molecule has 0 N–H and O–H groups in total. The maximum atomic E-state index is 4.33. The number of hydrogen-bond acceptors (Lipinski definition) is 2. The highest BCUT2D eigenvalue weighted by Crippen LogP contribution is 2.14. The molecule has 0 spiro atoms. The zero-order valence-electron chi connectivity index (χ0n) is 7.50. The van der Waals surface area contributed by atoms with Crippen LogP contribution in [0.1, 0.15) is 11.3 Å². The largest absolute Gasteiger partial charge is 0.332 e. The minimum Gasteiger partial charge on any atom is -0.332 e. The summed E-state index contributed by atoms with van der Waals surface area (Å²) >= 11 is 0. The molecule has 0 saturated heterocycles. The van der Waals surface area contributed by atoms with Gasteiger partial charge in [-0.1, -0.05) is 0 Å². The number of rotatable bonds is 0. The van der Waals surface area contributed by atoms with Gasteiger partial charge in [-0.15, -0.1) is 0 Å². The third kappa shape index (κ3) is 0.897. The predicted octanol–water partition coefficient (Wildman–Crippen LogP) is 1.59. The van der Waals surface area contributed by atoms with Crippen molar-refractivity contribution in [3.05, 3.63) is 23.7 Å². The van der Waals surface area contributed by atoms with Gasteiger partial charge in [0.15, 0.2) is 5.65 Å². The van der Waals surface area contributed by atoms with Gasteiger partial charge in [0, 0.05) is 12.7 Å². The summed E-state index contributed by atoms with van der Waals surface area (Å²) in [4.78, 5) is 8.52. The number of nitrogens with zero attached hydrogens (tertiary/aromatic N) is 3. The number of aromatic nitrogens is 3. The van der Waals surface area contributed by atoms with E-state index in [1.807, 2.05) is 18.5 Å². The molecule has 0 bridgehead atoms. The second-order valence-electron chi connectivity index (χ2n) is 3.11. The lowest BCUT2D eigenvalue weighted by molar-refractivity contribution is 0.943. The summed E-state index contributed by atoms with van der Waals surface area (Å²) in [6, 6.07) is 2.07. The van der Waals surface area contributed by atoms with Gasteiger partial charge in [0.1, 0.15) is 0 Å². The van der Waals surface area contributed by atoms with E-state index in [2.05, 4.69) is 23.0 Å². The van der Waals surface area contributed by atoms with Gasteiger partial charge in [0.25, 0.3) is 0 Å². The van der Waals surface area contributed by atoms with E-state index in [4.69, 9.17) is 0 Å². The minimum absolute atomic E-state index is 0.843. The van der Waals surface area contributed by atoms with Crippen molar-refractivity contribution in [1.29, 1.82) is 0 Å². The molecule has 62 valence electrons. The van der Waals surface area contributed by atoms with Gasteiger partial charge in [-0.2, -0.15) is 0 Å². The molecule has 0 saturated carbocycles. The van der Waals surface area contributed by atoms with Crippen LogP contribution in [0, 0.1) is 13.8 Å². The molecular weight excluding hydrogens is 150 g/mol. The molecule has 2 aromatic rings. The molecule has 0 atom stereocenters. The third-order valence-electron chi connectivity index (χ3n) is 2.00. The molecule has 3 heteroatoms. The topological polar surface area (TPSA) is 30.7 Å². The van der Waals surface area contributed by atoms with Crippen molar-refractivity contribution in [1.82, 2.24) is 14.5 Å². The molecule has 2 heterocycles. The predicted molar refractivity (Wildman–Crippen MR) is 48.0 cm³/mol. The Labute approximate surface area is 71.1 Å². The van der Waals surface area contributed by atoms with Crippen LogP contribution < -0.4 is 0 Å². The first-order valence-electron chi connectivity index (χ1n) is 3.94. The standard InChI is InChI=1S/C9H11N3/c1-6-4-7(2)11-9-8(6)12(3)5-10-9/h4-5H,1-3H3. The van der Waals surface area contributed by atoms with Gasteiger partial charge in [-0.05, 0) is 25.5 Å². The van der Waals surface area contributed by atoms with Gasteiger partial charge in [-0.25, -0.2) is 9.97 Å². The molecule has 0 amide bonds. The van der Waals surface area contributed by atoms with Crippen LogP contribution in [-0.2, 0) is 7.05 Å². The van der Waals surface area contributed by atoms with Gasteiger partial charge < -0.3 is 4.57 Å². The Morgan fingerprint density at radius 1 is 1.33 bits per heavy atom. The normalized spacial score (nSPS) is 10.9. The smallest absolute Gasteiger partial charge is 0.178 e. The highest BCUT2D eigenvalue weighted by molar-refractivity contribution is 5.74. The molecule has 2 rings (SSSR count). The second-order valence-corrected chi connectivity index (χ2v) is 3.11. The molecule has 0 aliphatic rings. The molecule has 12 heavy (non-hydrogen) atoms. The molecule has 0 aliphatic carbocycles. The van der Waals surface area contributed by atoms with E-state index in [1.165, 1.54) is 5.56 Å². The summed E-state index contributed by atoms with van der Waals surface area (Å²) in [5.41, 5.74) is 4.23. The number of pyridine rings is 1. The lowest BCUT2D eigenvalue weighted by Crippen LogP contribution is -1.90. The van der Waals surface area contributed by atoms with Crippen LogP contribution in [0.4, 0.5) is 0 Å². The second kappa shape index (κ2) is 2.30.